The van der Waals surface area contributed by atoms with E-state index in [1.165, 1.54) is 0 Å². The Hall–Kier alpha value is -1.89. The van der Waals surface area contributed by atoms with E-state index in [0.29, 0.717) is 25.3 Å². The number of hydrogen-bond donors (Lipinski definition) is 0. The van der Waals surface area contributed by atoms with Crippen molar-refractivity contribution in [1.82, 2.24) is 24.5 Å². The van der Waals surface area contributed by atoms with Crippen LogP contribution in [0.4, 0.5) is 0 Å². The van der Waals surface area contributed by atoms with Crippen LogP contribution in [0.25, 0.3) is 0 Å². The molecule has 0 aromatic carbocycles. The van der Waals surface area contributed by atoms with Crippen molar-refractivity contribution in [2.45, 2.75) is 6.04 Å². The third-order valence-electron chi connectivity index (χ3n) is 3.59. The van der Waals surface area contributed by atoms with Crippen molar-refractivity contribution in [3.05, 3.63) is 18.0 Å². The van der Waals surface area contributed by atoms with E-state index >= 15 is 0 Å². The molecule has 1 aromatic heterocycles. The van der Waals surface area contributed by atoms with Crippen LogP contribution in [0, 0.1) is 0 Å². The lowest BCUT2D eigenvalue weighted by Gasteiger charge is -2.39. The van der Waals surface area contributed by atoms with Crippen LogP contribution in [0.3, 0.4) is 0 Å². The highest BCUT2D eigenvalue weighted by Crippen LogP contribution is 2.12. The Balaban J connectivity index is 2.10. The van der Waals surface area contributed by atoms with Crippen LogP contribution in [-0.4, -0.2) is 83.1 Å². The quantitative estimate of drug-likeness (QED) is 0.716. The standard InChI is InChI=1S/C13H21N5O2/c1-15(2)13(20)11-9-18(8-7-16(11)3)12(19)10-5-6-17(4)14-10/h5-6,11H,7-9H2,1-4H3/t11-/m1/s1. The summed E-state index contributed by atoms with van der Waals surface area (Å²) in [6, 6.07) is 1.41. The van der Waals surface area contributed by atoms with Gasteiger partial charge >= 0.3 is 0 Å². The molecule has 0 spiro atoms. The topological polar surface area (TPSA) is 61.7 Å². The summed E-state index contributed by atoms with van der Waals surface area (Å²) in [5, 5.41) is 4.13. The lowest BCUT2D eigenvalue weighted by atomic mass is 10.1. The molecular weight excluding hydrogens is 258 g/mol. The molecule has 0 unspecified atom stereocenters. The minimum absolute atomic E-state index is 0.0195. The molecule has 1 aromatic rings. The Morgan fingerprint density at radius 3 is 2.55 bits per heavy atom. The zero-order valence-corrected chi connectivity index (χ0v) is 12.4. The Morgan fingerprint density at radius 1 is 1.30 bits per heavy atom. The maximum Gasteiger partial charge on any atom is 0.274 e. The third kappa shape index (κ3) is 2.82. The van der Waals surface area contributed by atoms with Crippen LogP contribution in [0.5, 0.6) is 0 Å². The van der Waals surface area contributed by atoms with Crippen molar-refractivity contribution >= 4 is 11.8 Å². The van der Waals surface area contributed by atoms with Gasteiger partial charge in [-0.2, -0.15) is 5.10 Å². The summed E-state index contributed by atoms with van der Waals surface area (Å²) in [5.41, 5.74) is 0.424. The smallest absolute Gasteiger partial charge is 0.274 e. The van der Waals surface area contributed by atoms with Crippen LogP contribution in [-0.2, 0) is 11.8 Å². The molecule has 110 valence electrons. The summed E-state index contributed by atoms with van der Waals surface area (Å²) >= 11 is 0. The van der Waals surface area contributed by atoms with Gasteiger partial charge in [-0.15, -0.1) is 0 Å². The molecule has 0 saturated carbocycles. The average Bonchev–Trinajstić information content (AvgIpc) is 2.84. The van der Waals surface area contributed by atoms with Crippen molar-refractivity contribution < 1.29 is 9.59 Å². The van der Waals surface area contributed by atoms with Crippen LogP contribution >= 0.6 is 0 Å². The van der Waals surface area contributed by atoms with Gasteiger partial charge in [-0.3, -0.25) is 19.2 Å². The molecule has 20 heavy (non-hydrogen) atoms. The molecule has 2 rings (SSSR count). The highest BCUT2D eigenvalue weighted by molar-refractivity contribution is 5.93. The zero-order chi connectivity index (χ0) is 14.9. The second-order valence-electron chi connectivity index (χ2n) is 5.35. The molecule has 2 heterocycles. The molecule has 1 aliphatic heterocycles. The first-order valence-corrected chi connectivity index (χ1v) is 6.60. The van der Waals surface area contributed by atoms with Gasteiger partial charge in [0.05, 0.1) is 0 Å². The molecule has 7 heteroatoms. The molecule has 0 radical (unpaired) electrons. The second kappa shape index (κ2) is 5.62. The van der Waals surface area contributed by atoms with Crippen molar-refractivity contribution in [3.63, 3.8) is 0 Å². The van der Waals surface area contributed by atoms with Gasteiger partial charge in [-0.05, 0) is 13.1 Å². The molecule has 0 N–H and O–H groups in total. The predicted molar refractivity (Wildman–Crippen MR) is 74.2 cm³/mol. The second-order valence-corrected chi connectivity index (χ2v) is 5.35. The molecule has 1 atom stereocenters. The summed E-state index contributed by atoms with van der Waals surface area (Å²) in [6.45, 7) is 1.70. The van der Waals surface area contributed by atoms with E-state index < -0.39 is 0 Å². The van der Waals surface area contributed by atoms with Gasteiger partial charge in [0.2, 0.25) is 5.91 Å². The van der Waals surface area contributed by atoms with Gasteiger partial charge < -0.3 is 9.80 Å². The lowest BCUT2D eigenvalue weighted by Crippen LogP contribution is -2.58. The van der Waals surface area contributed by atoms with Crippen molar-refractivity contribution in [1.29, 1.82) is 0 Å². The normalized spacial score (nSPS) is 20.0. The number of amides is 2. The molecule has 7 nitrogen and oxygen atoms in total. The number of nitrogens with zero attached hydrogens (tertiary/aromatic N) is 5. The number of aryl methyl sites for hydroxylation is 1. The first kappa shape index (κ1) is 14.5. The third-order valence-corrected chi connectivity index (χ3v) is 3.59. The van der Waals surface area contributed by atoms with E-state index in [0.717, 1.165) is 0 Å². The van der Waals surface area contributed by atoms with Gasteiger partial charge in [0.1, 0.15) is 11.7 Å². The molecule has 1 aliphatic rings. The summed E-state index contributed by atoms with van der Waals surface area (Å²) < 4.78 is 1.60. The minimum Gasteiger partial charge on any atom is -0.347 e. The van der Waals surface area contributed by atoms with Crippen molar-refractivity contribution in [2.24, 2.45) is 7.05 Å². The Kier molecular flexibility index (Phi) is 4.08. The van der Waals surface area contributed by atoms with Crippen LogP contribution < -0.4 is 0 Å². The van der Waals surface area contributed by atoms with E-state index in [1.807, 2.05) is 11.9 Å². The van der Waals surface area contributed by atoms with Gasteiger partial charge in [-0.1, -0.05) is 0 Å². The zero-order valence-electron chi connectivity index (χ0n) is 12.4. The number of rotatable bonds is 2. The maximum atomic E-state index is 12.4. The molecule has 1 saturated heterocycles. The van der Waals surface area contributed by atoms with Crippen LogP contribution in [0.2, 0.25) is 0 Å². The first-order chi connectivity index (χ1) is 9.40. The number of carbonyl (C=O) groups excluding carboxylic acids is 2. The van der Waals surface area contributed by atoms with Gasteiger partial charge in [0.25, 0.3) is 5.91 Å². The molecule has 1 fully saturated rings. The Labute approximate surface area is 118 Å². The van der Waals surface area contributed by atoms with Crippen molar-refractivity contribution in [2.75, 3.05) is 40.8 Å². The van der Waals surface area contributed by atoms with Gasteiger partial charge in [0.15, 0.2) is 0 Å². The van der Waals surface area contributed by atoms with E-state index in [1.54, 1.807) is 47.9 Å². The molecule has 0 aliphatic carbocycles. The van der Waals surface area contributed by atoms with E-state index in [2.05, 4.69) is 5.10 Å². The number of piperazine rings is 1. The number of aromatic nitrogens is 2. The minimum atomic E-state index is -0.286. The predicted octanol–water partition coefficient (Wildman–Crippen LogP) is -0.735. The molecular formula is C13H21N5O2. The Bertz CT molecular complexity index is 511. The fourth-order valence-electron chi connectivity index (χ4n) is 2.31. The lowest BCUT2D eigenvalue weighted by molar-refractivity contribution is -0.135. The SMILES string of the molecule is CN(C)C(=O)[C@H]1CN(C(=O)c2ccn(C)n2)CCN1C. The van der Waals surface area contributed by atoms with E-state index in [9.17, 15) is 9.59 Å². The van der Waals surface area contributed by atoms with E-state index in [-0.39, 0.29) is 17.9 Å². The molecule has 0 bridgehead atoms. The number of likely N-dealkylation sites (N-methyl/N-ethyl adjacent to an activating group) is 2. The monoisotopic (exact) mass is 279 g/mol. The maximum absolute atomic E-state index is 12.4. The number of carbonyl (C=O) groups is 2. The summed E-state index contributed by atoms with van der Waals surface area (Å²) in [4.78, 5) is 29.8. The summed E-state index contributed by atoms with van der Waals surface area (Å²) in [6.07, 6.45) is 1.74. The summed E-state index contributed by atoms with van der Waals surface area (Å²) in [7, 11) is 7.15. The van der Waals surface area contributed by atoms with Crippen LogP contribution in [0.15, 0.2) is 12.3 Å². The van der Waals surface area contributed by atoms with Crippen LogP contribution in [0.1, 0.15) is 10.5 Å². The van der Waals surface area contributed by atoms with Gasteiger partial charge in [-0.25, -0.2) is 0 Å². The number of hydrogen-bond acceptors (Lipinski definition) is 4. The Morgan fingerprint density at radius 2 is 2.00 bits per heavy atom. The van der Waals surface area contributed by atoms with Gasteiger partial charge in [0, 0.05) is 47.0 Å². The molecule has 2 amide bonds. The summed E-state index contributed by atoms with van der Waals surface area (Å²) in [5.74, 6) is -0.0960. The highest BCUT2D eigenvalue weighted by atomic mass is 16.2. The van der Waals surface area contributed by atoms with Crippen molar-refractivity contribution in [3.8, 4) is 0 Å². The highest BCUT2D eigenvalue weighted by Gasteiger charge is 2.33. The fraction of sp³-hybridized carbons (Fsp3) is 0.615. The first-order valence-electron chi connectivity index (χ1n) is 6.60. The fourth-order valence-corrected chi connectivity index (χ4v) is 2.31. The largest absolute Gasteiger partial charge is 0.347 e. The van der Waals surface area contributed by atoms with E-state index in [4.69, 9.17) is 0 Å². The average molecular weight is 279 g/mol.